The van der Waals surface area contributed by atoms with Gasteiger partial charge in [-0.1, -0.05) is 6.82 Å². The van der Waals surface area contributed by atoms with Gasteiger partial charge in [0.1, 0.15) is 0 Å². The summed E-state index contributed by atoms with van der Waals surface area (Å²) in [6, 6.07) is 0. The van der Waals surface area contributed by atoms with Gasteiger partial charge < -0.3 is 14.1 Å². The van der Waals surface area contributed by atoms with Gasteiger partial charge in [0.15, 0.2) is 5.92 Å². The Morgan fingerprint density at radius 3 is 2.00 bits per heavy atom. The maximum Gasteiger partial charge on any atom is 0.320 e. The van der Waals surface area contributed by atoms with E-state index in [1.54, 1.807) is 13.8 Å². The summed E-state index contributed by atoms with van der Waals surface area (Å²) < 4.78 is 14.7. The summed E-state index contributed by atoms with van der Waals surface area (Å²) in [6.45, 7) is 6.10. The quantitative estimate of drug-likeness (QED) is 0.263. The second-order valence-electron chi connectivity index (χ2n) is 3.04. The molecular formula is C10H19BO5. The number of rotatable bonds is 8. The molecule has 0 radical (unpaired) electrons. The van der Waals surface area contributed by atoms with E-state index in [4.69, 9.17) is 14.1 Å². The van der Waals surface area contributed by atoms with Crippen molar-refractivity contribution in [2.24, 2.45) is 5.92 Å². The monoisotopic (exact) mass is 230 g/mol. The van der Waals surface area contributed by atoms with Crippen molar-refractivity contribution in [1.29, 1.82) is 0 Å². The highest BCUT2D eigenvalue weighted by Crippen LogP contribution is 2.09. The van der Waals surface area contributed by atoms with Crippen molar-refractivity contribution < 1.29 is 23.7 Å². The molecule has 0 aromatic carbocycles. The molecule has 0 aliphatic heterocycles. The molecule has 0 aliphatic rings. The van der Waals surface area contributed by atoms with Crippen molar-refractivity contribution >= 4 is 19.4 Å². The fourth-order valence-corrected chi connectivity index (χ4v) is 1.16. The molecule has 0 heterocycles. The van der Waals surface area contributed by atoms with Crippen LogP contribution in [0.1, 0.15) is 20.3 Å². The van der Waals surface area contributed by atoms with Gasteiger partial charge in [-0.25, -0.2) is 0 Å². The van der Waals surface area contributed by atoms with E-state index in [1.807, 2.05) is 6.82 Å². The number of hydrogen-bond acceptors (Lipinski definition) is 5. The zero-order valence-corrected chi connectivity index (χ0v) is 10.2. The first-order valence-electron chi connectivity index (χ1n) is 5.58. The Morgan fingerprint density at radius 1 is 1.12 bits per heavy atom. The molecule has 0 saturated carbocycles. The largest absolute Gasteiger partial charge is 0.465 e. The minimum Gasteiger partial charge on any atom is -0.465 e. The molecule has 0 rings (SSSR count). The third-order valence-electron chi connectivity index (χ3n) is 1.90. The van der Waals surface area contributed by atoms with E-state index in [-0.39, 0.29) is 13.2 Å². The van der Waals surface area contributed by atoms with E-state index < -0.39 is 17.9 Å². The Hall–Kier alpha value is -1.04. The van der Waals surface area contributed by atoms with E-state index in [2.05, 4.69) is 0 Å². The standard InChI is InChI=1S/C10H19BO5/c1-4-14-9(12)8(6-7-16-11-3)10(13)15-5-2/h8,11H,4-7H2,1-3H3. The van der Waals surface area contributed by atoms with Gasteiger partial charge in [0.05, 0.1) is 13.2 Å². The summed E-state index contributed by atoms with van der Waals surface area (Å²) in [5.74, 6) is -1.95. The molecule has 0 aromatic heterocycles. The van der Waals surface area contributed by atoms with Crippen molar-refractivity contribution in [3.8, 4) is 0 Å². The van der Waals surface area contributed by atoms with Crippen LogP contribution >= 0.6 is 0 Å². The van der Waals surface area contributed by atoms with Crippen LogP contribution in [0.4, 0.5) is 0 Å². The first-order chi connectivity index (χ1) is 7.67. The zero-order chi connectivity index (χ0) is 12.4. The highest BCUT2D eigenvalue weighted by molar-refractivity contribution is 6.24. The summed E-state index contributed by atoms with van der Waals surface area (Å²) in [7, 11) is 0.554. The Morgan fingerprint density at radius 2 is 1.62 bits per heavy atom. The highest BCUT2D eigenvalue weighted by Gasteiger charge is 2.28. The van der Waals surface area contributed by atoms with Gasteiger partial charge in [0, 0.05) is 6.61 Å². The second kappa shape index (κ2) is 9.21. The SMILES string of the molecule is CBOCCC(C(=O)OCC)C(=O)OCC. The van der Waals surface area contributed by atoms with E-state index in [9.17, 15) is 9.59 Å². The molecule has 16 heavy (non-hydrogen) atoms. The van der Waals surface area contributed by atoms with Crippen LogP contribution < -0.4 is 0 Å². The minimum absolute atomic E-state index is 0.253. The molecule has 0 atom stereocenters. The fourth-order valence-electron chi connectivity index (χ4n) is 1.16. The van der Waals surface area contributed by atoms with Gasteiger partial charge in [0.2, 0.25) is 0 Å². The fraction of sp³-hybridized carbons (Fsp3) is 0.800. The topological polar surface area (TPSA) is 61.8 Å². The Labute approximate surface area is 96.7 Å². The van der Waals surface area contributed by atoms with Crippen molar-refractivity contribution in [3.05, 3.63) is 0 Å². The number of hydrogen-bond donors (Lipinski definition) is 0. The van der Waals surface area contributed by atoms with Crippen molar-refractivity contribution in [2.75, 3.05) is 19.8 Å². The number of carbonyl (C=O) groups is 2. The van der Waals surface area contributed by atoms with Gasteiger partial charge >= 0.3 is 11.9 Å². The lowest BCUT2D eigenvalue weighted by molar-refractivity contribution is -0.162. The molecule has 0 fully saturated rings. The second-order valence-corrected chi connectivity index (χ2v) is 3.04. The van der Waals surface area contributed by atoms with Crippen LogP contribution in [0.2, 0.25) is 6.82 Å². The van der Waals surface area contributed by atoms with Gasteiger partial charge in [0.25, 0.3) is 7.48 Å². The lowest BCUT2D eigenvalue weighted by Gasteiger charge is -2.13. The molecule has 5 nitrogen and oxygen atoms in total. The Bertz CT molecular complexity index is 201. The maximum atomic E-state index is 11.5. The summed E-state index contributed by atoms with van der Waals surface area (Å²) >= 11 is 0. The van der Waals surface area contributed by atoms with Gasteiger partial charge in [-0.15, -0.1) is 0 Å². The Balaban J connectivity index is 4.25. The first kappa shape index (κ1) is 15.0. The van der Waals surface area contributed by atoms with E-state index in [1.165, 1.54) is 0 Å². The molecule has 0 unspecified atom stereocenters. The van der Waals surface area contributed by atoms with Crippen molar-refractivity contribution in [2.45, 2.75) is 27.1 Å². The average Bonchev–Trinajstić information content (AvgIpc) is 2.25. The molecule has 92 valence electrons. The summed E-state index contributed by atoms with van der Waals surface area (Å²) in [4.78, 5) is 23.0. The lowest BCUT2D eigenvalue weighted by atomic mass is 10.0. The summed E-state index contributed by atoms with van der Waals surface area (Å²) in [6.07, 6.45) is 0.297. The normalized spacial score (nSPS) is 10.0. The predicted octanol–water partition coefficient (Wildman–Crippen LogP) is 0.535. The number of carbonyl (C=O) groups excluding carboxylic acids is 2. The molecule has 0 saturated heterocycles. The van der Waals surface area contributed by atoms with Crippen molar-refractivity contribution in [3.63, 3.8) is 0 Å². The molecule has 0 bridgehead atoms. The number of esters is 2. The Kier molecular flexibility index (Phi) is 8.61. The van der Waals surface area contributed by atoms with Crippen LogP contribution in [0.5, 0.6) is 0 Å². The molecule has 0 N–H and O–H groups in total. The molecule has 6 heteroatoms. The summed E-state index contributed by atoms with van der Waals surface area (Å²) in [5.41, 5.74) is 0. The first-order valence-corrected chi connectivity index (χ1v) is 5.58. The number of ether oxygens (including phenoxy) is 2. The van der Waals surface area contributed by atoms with Crippen LogP contribution in [-0.2, 0) is 23.7 Å². The maximum absolute atomic E-state index is 11.5. The smallest absolute Gasteiger partial charge is 0.320 e. The van der Waals surface area contributed by atoms with Gasteiger partial charge in [-0.3, -0.25) is 9.59 Å². The van der Waals surface area contributed by atoms with E-state index >= 15 is 0 Å². The van der Waals surface area contributed by atoms with Gasteiger partial charge in [-0.05, 0) is 20.3 Å². The molecule has 0 aliphatic carbocycles. The molecule has 0 amide bonds. The molecular weight excluding hydrogens is 211 g/mol. The molecule has 0 aromatic rings. The third kappa shape index (κ3) is 5.75. The van der Waals surface area contributed by atoms with Crippen molar-refractivity contribution in [1.82, 2.24) is 0 Å². The van der Waals surface area contributed by atoms with E-state index in [0.717, 1.165) is 0 Å². The minimum atomic E-state index is -0.869. The van der Waals surface area contributed by atoms with E-state index in [0.29, 0.717) is 20.5 Å². The van der Waals surface area contributed by atoms with Crippen LogP contribution in [0.3, 0.4) is 0 Å². The van der Waals surface area contributed by atoms with Crippen LogP contribution in [0.15, 0.2) is 0 Å². The highest BCUT2D eigenvalue weighted by atomic mass is 16.6. The van der Waals surface area contributed by atoms with Crippen LogP contribution in [0, 0.1) is 5.92 Å². The van der Waals surface area contributed by atoms with Gasteiger partial charge in [-0.2, -0.15) is 0 Å². The summed E-state index contributed by atoms with van der Waals surface area (Å²) in [5, 5.41) is 0. The van der Waals surface area contributed by atoms with Crippen LogP contribution in [-0.4, -0.2) is 39.2 Å². The lowest BCUT2D eigenvalue weighted by Crippen LogP contribution is -2.29. The van der Waals surface area contributed by atoms with Crippen LogP contribution in [0.25, 0.3) is 0 Å². The third-order valence-corrected chi connectivity index (χ3v) is 1.90. The zero-order valence-electron chi connectivity index (χ0n) is 10.2. The molecule has 0 spiro atoms. The average molecular weight is 230 g/mol. The predicted molar refractivity (Wildman–Crippen MR) is 60.3 cm³/mol.